The van der Waals surface area contributed by atoms with Gasteiger partial charge in [-0.25, -0.2) is 0 Å². The fourth-order valence-electron chi connectivity index (χ4n) is 1.89. The summed E-state index contributed by atoms with van der Waals surface area (Å²) in [4.78, 5) is 24.8. The Balaban J connectivity index is 2.04. The molecular formula is C18H18N2O2. The van der Waals surface area contributed by atoms with E-state index < -0.39 is 0 Å². The monoisotopic (exact) mass is 294 g/mol. The van der Waals surface area contributed by atoms with E-state index in [4.69, 9.17) is 0 Å². The number of benzene rings is 2. The topological polar surface area (TPSA) is 49.4 Å². The van der Waals surface area contributed by atoms with Crippen molar-refractivity contribution in [2.45, 2.75) is 6.92 Å². The lowest BCUT2D eigenvalue weighted by Gasteiger charge is -2.15. The first-order chi connectivity index (χ1) is 10.6. The van der Waals surface area contributed by atoms with Gasteiger partial charge in [-0.05, 0) is 29.8 Å². The molecule has 2 aromatic rings. The van der Waals surface area contributed by atoms with Gasteiger partial charge < -0.3 is 10.2 Å². The summed E-state index contributed by atoms with van der Waals surface area (Å²) >= 11 is 0. The maximum Gasteiger partial charge on any atom is 0.248 e. The molecule has 0 fully saturated rings. The molecular weight excluding hydrogens is 276 g/mol. The van der Waals surface area contributed by atoms with Crippen molar-refractivity contribution in [2.24, 2.45) is 0 Å². The normalized spacial score (nSPS) is 10.5. The Hall–Kier alpha value is -2.88. The minimum atomic E-state index is -0.216. The zero-order valence-electron chi connectivity index (χ0n) is 12.6. The average Bonchev–Trinajstić information content (AvgIpc) is 2.53. The summed E-state index contributed by atoms with van der Waals surface area (Å²) in [7, 11) is 1.69. The van der Waals surface area contributed by atoms with E-state index in [0.29, 0.717) is 5.69 Å². The second kappa shape index (κ2) is 7.22. The molecule has 0 unspecified atom stereocenters. The van der Waals surface area contributed by atoms with Gasteiger partial charge in [0.25, 0.3) is 0 Å². The minimum absolute atomic E-state index is 0.0625. The summed E-state index contributed by atoms with van der Waals surface area (Å²) in [5.74, 6) is -0.279. The molecule has 1 N–H and O–H groups in total. The number of carbonyl (C=O) groups excluding carboxylic acids is 2. The Kier molecular flexibility index (Phi) is 5.09. The zero-order chi connectivity index (χ0) is 15.9. The van der Waals surface area contributed by atoms with E-state index in [1.165, 1.54) is 17.9 Å². The standard InChI is InChI=1S/C18H18N2O2/c1-14(21)20(2)17-10-6-9-16(13-17)19-18(22)12-11-15-7-4-3-5-8-15/h3-13H,1-2H3,(H,19,22). The third kappa shape index (κ3) is 4.31. The number of anilines is 2. The number of carbonyl (C=O) groups is 2. The van der Waals surface area contributed by atoms with Gasteiger partial charge in [-0.2, -0.15) is 0 Å². The summed E-state index contributed by atoms with van der Waals surface area (Å²) in [6.07, 6.45) is 3.23. The molecule has 2 rings (SSSR count). The molecule has 0 aliphatic heterocycles. The molecule has 0 heterocycles. The Morgan fingerprint density at radius 1 is 1.05 bits per heavy atom. The van der Waals surface area contributed by atoms with Gasteiger partial charge in [0, 0.05) is 31.4 Å². The number of hydrogen-bond donors (Lipinski definition) is 1. The molecule has 4 nitrogen and oxygen atoms in total. The highest BCUT2D eigenvalue weighted by atomic mass is 16.2. The average molecular weight is 294 g/mol. The molecule has 112 valence electrons. The van der Waals surface area contributed by atoms with Gasteiger partial charge in [0.1, 0.15) is 0 Å². The smallest absolute Gasteiger partial charge is 0.248 e. The van der Waals surface area contributed by atoms with Gasteiger partial charge in [-0.15, -0.1) is 0 Å². The van der Waals surface area contributed by atoms with Crippen molar-refractivity contribution in [1.82, 2.24) is 0 Å². The fraction of sp³-hybridized carbons (Fsp3) is 0.111. The van der Waals surface area contributed by atoms with E-state index in [9.17, 15) is 9.59 Å². The summed E-state index contributed by atoms with van der Waals surface area (Å²) < 4.78 is 0. The fourth-order valence-corrected chi connectivity index (χ4v) is 1.89. The van der Waals surface area contributed by atoms with Crippen molar-refractivity contribution in [3.05, 3.63) is 66.2 Å². The van der Waals surface area contributed by atoms with Crippen LogP contribution < -0.4 is 10.2 Å². The van der Waals surface area contributed by atoms with Gasteiger partial charge in [-0.3, -0.25) is 9.59 Å². The van der Waals surface area contributed by atoms with Crippen LogP contribution in [0.4, 0.5) is 11.4 Å². The summed E-state index contributed by atoms with van der Waals surface area (Å²) in [5.41, 5.74) is 2.34. The minimum Gasteiger partial charge on any atom is -0.322 e. The quantitative estimate of drug-likeness (QED) is 0.879. The molecule has 0 radical (unpaired) electrons. The van der Waals surface area contributed by atoms with E-state index in [-0.39, 0.29) is 11.8 Å². The van der Waals surface area contributed by atoms with Crippen LogP contribution >= 0.6 is 0 Å². The van der Waals surface area contributed by atoms with Gasteiger partial charge >= 0.3 is 0 Å². The highest BCUT2D eigenvalue weighted by Crippen LogP contribution is 2.18. The van der Waals surface area contributed by atoms with Crippen molar-refractivity contribution in [2.75, 3.05) is 17.3 Å². The van der Waals surface area contributed by atoms with Gasteiger partial charge in [0.2, 0.25) is 11.8 Å². The third-order valence-electron chi connectivity index (χ3n) is 3.20. The molecule has 0 aromatic heterocycles. The first-order valence-electron chi connectivity index (χ1n) is 6.95. The van der Waals surface area contributed by atoms with Gasteiger partial charge in [0.15, 0.2) is 0 Å². The lowest BCUT2D eigenvalue weighted by atomic mass is 10.2. The number of nitrogens with zero attached hydrogens (tertiary/aromatic N) is 1. The molecule has 4 heteroatoms. The van der Waals surface area contributed by atoms with Crippen LogP contribution in [0, 0.1) is 0 Å². The summed E-state index contributed by atoms with van der Waals surface area (Å²) in [5, 5.41) is 2.78. The molecule has 0 aliphatic rings. The van der Waals surface area contributed by atoms with E-state index in [1.807, 2.05) is 36.4 Å². The second-order valence-corrected chi connectivity index (χ2v) is 4.86. The molecule has 0 saturated carbocycles. The van der Waals surface area contributed by atoms with E-state index in [1.54, 1.807) is 31.3 Å². The van der Waals surface area contributed by atoms with E-state index in [2.05, 4.69) is 5.32 Å². The third-order valence-corrected chi connectivity index (χ3v) is 3.20. The van der Waals surface area contributed by atoms with Crippen LogP contribution in [0.3, 0.4) is 0 Å². The maximum absolute atomic E-state index is 11.9. The Bertz CT molecular complexity index is 693. The van der Waals surface area contributed by atoms with Crippen molar-refractivity contribution >= 4 is 29.3 Å². The SMILES string of the molecule is CC(=O)N(C)c1cccc(NC(=O)C=Cc2ccccc2)c1. The van der Waals surface area contributed by atoms with Crippen LogP contribution in [0.2, 0.25) is 0 Å². The number of hydrogen-bond acceptors (Lipinski definition) is 2. The molecule has 0 atom stereocenters. The predicted octanol–water partition coefficient (Wildman–Crippen LogP) is 3.32. The van der Waals surface area contributed by atoms with Crippen LogP contribution in [-0.4, -0.2) is 18.9 Å². The van der Waals surface area contributed by atoms with Crippen LogP contribution in [0.1, 0.15) is 12.5 Å². The Morgan fingerprint density at radius 2 is 1.77 bits per heavy atom. The number of amides is 2. The van der Waals surface area contributed by atoms with Crippen LogP contribution in [0.15, 0.2) is 60.7 Å². The molecule has 0 spiro atoms. The molecule has 0 saturated heterocycles. The zero-order valence-corrected chi connectivity index (χ0v) is 12.6. The molecule has 2 amide bonds. The predicted molar refractivity (Wildman–Crippen MR) is 89.6 cm³/mol. The number of nitrogens with one attached hydrogen (secondary N) is 1. The first-order valence-corrected chi connectivity index (χ1v) is 6.95. The van der Waals surface area contributed by atoms with Gasteiger partial charge in [-0.1, -0.05) is 36.4 Å². The highest BCUT2D eigenvalue weighted by molar-refractivity contribution is 6.02. The second-order valence-electron chi connectivity index (χ2n) is 4.86. The Labute approximate surface area is 130 Å². The molecule has 0 bridgehead atoms. The van der Waals surface area contributed by atoms with E-state index in [0.717, 1.165) is 11.3 Å². The van der Waals surface area contributed by atoms with E-state index >= 15 is 0 Å². The summed E-state index contributed by atoms with van der Waals surface area (Å²) in [6.45, 7) is 1.49. The number of rotatable bonds is 4. The van der Waals surface area contributed by atoms with Crippen LogP contribution in [-0.2, 0) is 9.59 Å². The lowest BCUT2D eigenvalue weighted by Crippen LogP contribution is -2.22. The maximum atomic E-state index is 11.9. The highest BCUT2D eigenvalue weighted by Gasteiger charge is 2.06. The molecule has 22 heavy (non-hydrogen) atoms. The first kappa shape index (κ1) is 15.5. The van der Waals surface area contributed by atoms with Crippen molar-refractivity contribution in [3.8, 4) is 0 Å². The van der Waals surface area contributed by atoms with Crippen molar-refractivity contribution in [1.29, 1.82) is 0 Å². The summed E-state index contributed by atoms with van der Waals surface area (Å²) in [6, 6.07) is 16.8. The van der Waals surface area contributed by atoms with Crippen molar-refractivity contribution < 1.29 is 9.59 Å². The van der Waals surface area contributed by atoms with Crippen LogP contribution in [0.25, 0.3) is 6.08 Å². The van der Waals surface area contributed by atoms with Crippen LogP contribution in [0.5, 0.6) is 0 Å². The Morgan fingerprint density at radius 3 is 2.45 bits per heavy atom. The van der Waals surface area contributed by atoms with Gasteiger partial charge in [0.05, 0.1) is 0 Å². The molecule has 0 aliphatic carbocycles. The van der Waals surface area contributed by atoms with Crippen molar-refractivity contribution in [3.63, 3.8) is 0 Å². The lowest BCUT2D eigenvalue weighted by molar-refractivity contribution is -0.116. The molecule has 2 aromatic carbocycles. The largest absolute Gasteiger partial charge is 0.322 e.